The average Bonchev–Trinajstić information content (AvgIpc) is 3.47. The number of nitrogens with one attached hydrogen (secondary N) is 2. The normalized spacial score (nSPS) is 17.3. The Bertz CT molecular complexity index is 1340. The van der Waals surface area contributed by atoms with Gasteiger partial charge in [-0.1, -0.05) is 41.4 Å². The van der Waals surface area contributed by atoms with Gasteiger partial charge in [0.15, 0.2) is 0 Å². The highest BCUT2D eigenvalue weighted by molar-refractivity contribution is 7.16. The number of aliphatic hydroxyl groups is 1. The molecule has 2 amide bonds. The first-order valence-corrected chi connectivity index (χ1v) is 13.8. The Balaban J connectivity index is 1.28. The molecule has 200 valence electrons. The summed E-state index contributed by atoms with van der Waals surface area (Å²) in [5, 5.41) is 16.5. The standard InChI is InChI=1S/C27H30ClN5O4S/c1-15-4-3-5-17(10-15)21(14-34)31-25(35)16(2)33-13-23-19(26(33)36)11-22(38-23)24-20(28)12-29-27(32-24)30-18-6-8-37-9-7-18/h3-5,10-12,16,18,21,34H,6-9,13-14H2,1-2H3,(H,31,35)(H,29,30,32)/t16-,21-/m1/s1. The quantitative estimate of drug-likeness (QED) is 0.385. The van der Waals surface area contributed by atoms with Crippen LogP contribution >= 0.6 is 22.9 Å². The molecule has 0 radical (unpaired) electrons. The van der Waals surface area contributed by atoms with E-state index in [-0.39, 0.29) is 24.5 Å². The van der Waals surface area contributed by atoms with Crippen LogP contribution in [0.2, 0.25) is 5.02 Å². The summed E-state index contributed by atoms with van der Waals surface area (Å²) in [7, 11) is 0. The number of aryl methyl sites for hydroxylation is 1. The van der Waals surface area contributed by atoms with E-state index in [1.165, 1.54) is 11.3 Å². The van der Waals surface area contributed by atoms with Gasteiger partial charge in [-0.2, -0.15) is 0 Å². The number of ether oxygens (including phenoxy) is 1. The predicted molar refractivity (Wildman–Crippen MR) is 146 cm³/mol. The van der Waals surface area contributed by atoms with Crippen LogP contribution in [0, 0.1) is 6.92 Å². The fourth-order valence-electron chi connectivity index (χ4n) is 4.73. The summed E-state index contributed by atoms with van der Waals surface area (Å²) >= 11 is 7.88. The number of halogens is 1. The van der Waals surface area contributed by atoms with Gasteiger partial charge in [0.2, 0.25) is 11.9 Å². The molecule has 2 aliphatic heterocycles. The van der Waals surface area contributed by atoms with Crippen LogP contribution in [0.5, 0.6) is 0 Å². The van der Waals surface area contributed by atoms with E-state index in [9.17, 15) is 14.7 Å². The van der Waals surface area contributed by atoms with Crippen LogP contribution in [-0.4, -0.2) is 63.7 Å². The zero-order valence-electron chi connectivity index (χ0n) is 21.2. The molecule has 0 spiro atoms. The van der Waals surface area contributed by atoms with Gasteiger partial charge < -0.3 is 25.4 Å². The van der Waals surface area contributed by atoms with Crippen molar-refractivity contribution in [2.45, 2.75) is 51.4 Å². The number of amides is 2. The molecule has 2 aromatic heterocycles. The predicted octanol–water partition coefficient (Wildman–Crippen LogP) is 3.95. The van der Waals surface area contributed by atoms with Crippen molar-refractivity contribution in [3.05, 3.63) is 63.1 Å². The van der Waals surface area contributed by atoms with Gasteiger partial charge in [-0.15, -0.1) is 11.3 Å². The lowest BCUT2D eigenvalue weighted by Gasteiger charge is -2.26. The van der Waals surface area contributed by atoms with Gasteiger partial charge in [0.05, 0.1) is 40.9 Å². The summed E-state index contributed by atoms with van der Waals surface area (Å²) < 4.78 is 5.41. The van der Waals surface area contributed by atoms with Crippen molar-refractivity contribution < 1.29 is 19.4 Å². The lowest BCUT2D eigenvalue weighted by Crippen LogP contribution is -2.46. The van der Waals surface area contributed by atoms with Gasteiger partial charge in [0, 0.05) is 24.1 Å². The summed E-state index contributed by atoms with van der Waals surface area (Å²) in [5.41, 5.74) is 2.98. The van der Waals surface area contributed by atoms with Crippen molar-refractivity contribution in [3.63, 3.8) is 0 Å². The highest BCUT2D eigenvalue weighted by Crippen LogP contribution is 2.39. The van der Waals surface area contributed by atoms with Crippen LogP contribution in [0.3, 0.4) is 0 Å². The van der Waals surface area contributed by atoms with E-state index < -0.39 is 12.1 Å². The molecule has 9 nitrogen and oxygen atoms in total. The van der Waals surface area contributed by atoms with Gasteiger partial charge in [0.1, 0.15) is 11.7 Å². The number of aliphatic hydroxyl groups excluding tert-OH is 1. The number of hydrogen-bond donors (Lipinski definition) is 3. The van der Waals surface area contributed by atoms with Gasteiger partial charge in [-0.3, -0.25) is 9.59 Å². The average molecular weight is 556 g/mol. The first kappa shape index (κ1) is 26.6. The third-order valence-electron chi connectivity index (χ3n) is 6.94. The fraction of sp³-hybridized carbons (Fsp3) is 0.407. The smallest absolute Gasteiger partial charge is 0.256 e. The third kappa shape index (κ3) is 5.54. The summed E-state index contributed by atoms with van der Waals surface area (Å²) in [5.74, 6) is -0.0425. The molecule has 0 bridgehead atoms. The first-order valence-electron chi connectivity index (χ1n) is 12.6. The third-order valence-corrected chi connectivity index (χ3v) is 8.34. The Morgan fingerprint density at radius 1 is 1.32 bits per heavy atom. The SMILES string of the molecule is Cc1cccc([C@@H](CO)NC(=O)[C@@H](C)N2Cc3sc(-c4nc(NC5CCOCC5)ncc4Cl)cc3C2=O)c1. The molecular formula is C27H30ClN5O4S. The summed E-state index contributed by atoms with van der Waals surface area (Å²) in [6, 6.07) is 8.41. The maximum atomic E-state index is 13.3. The largest absolute Gasteiger partial charge is 0.394 e. The molecule has 0 unspecified atom stereocenters. The van der Waals surface area contributed by atoms with Crippen LogP contribution in [0.4, 0.5) is 5.95 Å². The van der Waals surface area contributed by atoms with Crippen molar-refractivity contribution >= 4 is 40.7 Å². The molecule has 0 aliphatic carbocycles. The number of aromatic nitrogens is 2. The molecule has 1 aromatic carbocycles. The van der Waals surface area contributed by atoms with E-state index in [1.807, 2.05) is 31.2 Å². The zero-order valence-corrected chi connectivity index (χ0v) is 22.8. The van der Waals surface area contributed by atoms with Crippen molar-refractivity contribution in [1.29, 1.82) is 0 Å². The van der Waals surface area contributed by atoms with Gasteiger partial charge >= 0.3 is 0 Å². The number of hydrogen-bond acceptors (Lipinski definition) is 8. The number of thiophene rings is 1. The molecule has 3 aromatic rings. The second-order valence-corrected chi connectivity index (χ2v) is 11.2. The Kier molecular flexibility index (Phi) is 7.94. The van der Waals surface area contributed by atoms with Crippen LogP contribution in [0.1, 0.15) is 52.2 Å². The van der Waals surface area contributed by atoms with Crippen LogP contribution in [0.25, 0.3) is 10.6 Å². The molecule has 2 aliphatic rings. The number of rotatable bonds is 8. The summed E-state index contributed by atoms with van der Waals surface area (Å²) in [6.45, 7) is 5.14. The second-order valence-electron chi connectivity index (χ2n) is 9.64. The van der Waals surface area contributed by atoms with E-state index in [4.69, 9.17) is 16.3 Å². The van der Waals surface area contributed by atoms with Gasteiger partial charge in [-0.05, 0) is 38.3 Å². The number of fused-ring (bicyclic) bond motifs is 1. The molecule has 3 N–H and O–H groups in total. The van der Waals surface area contributed by atoms with Crippen molar-refractivity contribution in [2.75, 3.05) is 25.1 Å². The number of nitrogens with zero attached hydrogens (tertiary/aromatic N) is 3. The maximum Gasteiger partial charge on any atom is 0.256 e. The highest BCUT2D eigenvalue weighted by atomic mass is 35.5. The molecule has 11 heteroatoms. The molecule has 1 saturated heterocycles. The topological polar surface area (TPSA) is 117 Å². The number of anilines is 1. The van der Waals surface area contributed by atoms with Crippen LogP contribution < -0.4 is 10.6 Å². The minimum atomic E-state index is -0.706. The molecule has 0 saturated carbocycles. The fourth-order valence-corrected chi connectivity index (χ4v) is 6.13. The Morgan fingerprint density at radius 3 is 2.82 bits per heavy atom. The number of benzene rings is 1. The Labute approximate surface area is 230 Å². The van der Waals surface area contributed by atoms with E-state index in [0.29, 0.717) is 42.0 Å². The van der Waals surface area contributed by atoms with E-state index in [1.54, 1.807) is 24.1 Å². The monoisotopic (exact) mass is 555 g/mol. The number of carbonyl (C=O) groups is 2. The Morgan fingerprint density at radius 2 is 2.11 bits per heavy atom. The van der Waals surface area contributed by atoms with E-state index in [0.717, 1.165) is 33.7 Å². The Hall–Kier alpha value is -3.05. The minimum Gasteiger partial charge on any atom is -0.394 e. The minimum absolute atomic E-state index is 0.216. The molecule has 2 atom stereocenters. The summed E-state index contributed by atoms with van der Waals surface area (Å²) in [6.07, 6.45) is 3.34. The van der Waals surface area contributed by atoms with Crippen LogP contribution in [-0.2, 0) is 16.1 Å². The lowest BCUT2D eigenvalue weighted by atomic mass is 10.0. The number of carbonyl (C=O) groups excluding carboxylic acids is 2. The first-order chi connectivity index (χ1) is 18.3. The highest BCUT2D eigenvalue weighted by Gasteiger charge is 2.36. The van der Waals surface area contributed by atoms with Gasteiger partial charge in [0.25, 0.3) is 5.91 Å². The molecule has 38 heavy (non-hydrogen) atoms. The molecule has 4 heterocycles. The van der Waals surface area contributed by atoms with E-state index in [2.05, 4.69) is 20.6 Å². The van der Waals surface area contributed by atoms with E-state index >= 15 is 0 Å². The summed E-state index contributed by atoms with van der Waals surface area (Å²) in [4.78, 5) is 38.5. The second kappa shape index (κ2) is 11.4. The lowest BCUT2D eigenvalue weighted by molar-refractivity contribution is -0.126. The van der Waals surface area contributed by atoms with Crippen molar-refractivity contribution in [3.8, 4) is 10.6 Å². The molecular weight excluding hydrogens is 526 g/mol. The zero-order chi connectivity index (χ0) is 26.8. The molecule has 1 fully saturated rings. The molecule has 5 rings (SSSR count). The van der Waals surface area contributed by atoms with Crippen molar-refractivity contribution in [2.24, 2.45) is 0 Å². The van der Waals surface area contributed by atoms with Crippen LogP contribution in [0.15, 0.2) is 36.5 Å². The maximum absolute atomic E-state index is 13.3. The van der Waals surface area contributed by atoms with Crippen molar-refractivity contribution in [1.82, 2.24) is 20.2 Å². The van der Waals surface area contributed by atoms with Gasteiger partial charge in [-0.25, -0.2) is 9.97 Å².